The van der Waals surface area contributed by atoms with Crippen molar-refractivity contribution in [2.75, 3.05) is 12.0 Å². The summed E-state index contributed by atoms with van der Waals surface area (Å²) in [6.45, 7) is 0. The summed E-state index contributed by atoms with van der Waals surface area (Å²) in [5.74, 6) is 5.41. The maximum atomic E-state index is 10.9. The van der Waals surface area contributed by atoms with Crippen LogP contribution in [0.5, 0.6) is 0 Å². The van der Waals surface area contributed by atoms with Crippen LogP contribution in [-0.4, -0.2) is 20.4 Å². The molecule has 0 aliphatic rings. The van der Waals surface area contributed by atoms with Gasteiger partial charge in [-0.1, -0.05) is 0 Å². The summed E-state index contributed by atoms with van der Waals surface area (Å²) in [4.78, 5) is 0. The fourth-order valence-corrected chi connectivity index (χ4v) is 1.82. The highest BCUT2D eigenvalue weighted by Crippen LogP contribution is 2.16. The van der Waals surface area contributed by atoms with Crippen LogP contribution in [0.25, 0.3) is 0 Å². The van der Waals surface area contributed by atoms with Gasteiger partial charge in [0.25, 0.3) is 0 Å². The highest BCUT2D eigenvalue weighted by Gasteiger charge is 2.13. The van der Waals surface area contributed by atoms with Gasteiger partial charge < -0.3 is 4.42 Å². The van der Waals surface area contributed by atoms with Crippen molar-refractivity contribution in [3.8, 4) is 0 Å². The average Bonchev–Trinajstić information content (AvgIpc) is 2.56. The summed E-state index contributed by atoms with van der Waals surface area (Å²) in [7, 11) is -2.95. The minimum Gasteiger partial charge on any atom is -0.472 e. The fourth-order valence-electron chi connectivity index (χ4n) is 1.15. The number of rotatable bonds is 5. The Morgan fingerprint density at radius 2 is 2.36 bits per heavy atom. The first-order chi connectivity index (χ1) is 6.53. The van der Waals surface area contributed by atoms with Crippen molar-refractivity contribution < 1.29 is 12.8 Å². The third-order valence-corrected chi connectivity index (χ3v) is 2.90. The molecule has 0 radical (unpaired) electrons. The molecule has 0 amide bonds. The molecule has 3 N–H and O–H groups in total. The molecular weight excluding hydrogens is 204 g/mol. The van der Waals surface area contributed by atoms with E-state index >= 15 is 0 Å². The number of hydrogen-bond acceptors (Lipinski definition) is 5. The zero-order valence-electron chi connectivity index (χ0n) is 7.93. The van der Waals surface area contributed by atoms with Crippen LogP contribution >= 0.6 is 0 Å². The summed E-state index contributed by atoms with van der Waals surface area (Å²) in [6, 6.07) is 1.58. The number of furan rings is 1. The zero-order chi connectivity index (χ0) is 10.6. The summed E-state index contributed by atoms with van der Waals surface area (Å²) in [5.41, 5.74) is 3.41. The van der Waals surface area contributed by atoms with Gasteiger partial charge in [-0.3, -0.25) is 11.3 Å². The normalized spacial score (nSPS) is 14.1. The van der Waals surface area contributed by atoms with Gasteiger partial charge in [0.05, 0.1) is 24.3 Å². The van der Waals surface area contributed by atoms with E-state index in [4.69, 9.17) is 10.3 Å². The average molecular weight is 218 g/mol. The molecular formula is C8H14N2O3S. The molecule has 0 spiro atoms. The van der Waals surface area contributed by atoms with Crippen molar-refractivity contribution in [3.05, 3.63) is 24.2 Å². The third-order valence-electron chi connectivity index (χ3n) is 1.92. The second-order valence-corrected chi connectivity index (χ2v) is 5.45. The Kier molecular flexibility index (Phi) is 3.68. The van der Waals surface area contributed by atoms with Gasteiger partial charge in [-0.2, -0.15) is 0 Å². The second kappa shape index (κ2) is 4.59. The standard InChI is InChI=1S/C8H14N2O3S/c1-14(11,12)5-3-8(10-9)7-2-4-13-6-7/h2,4,6,8,10H,3,5,9H2,1H3. The Hall–Kier alpha value is -0.850. The Morgan fingerprint density at radius 3 is 2.79 bits per heavy atom. The van der Waals surface area contributed by atoms with Crippen LogP contribution in [-0.2, 0) is 9.84 Å². The van der Waals surface area contributed by atoms with Crippen LogP contribution in [0.4, 0.5) is 0 Å². The van der Waals surface area contributed by atoms with E-state index in [9.17, 15) is 8.42 Å². The number of nitrogens with two attached hydrogens (primary N) is 1. The van der Waals surface area contributed by atoms with E-state index in [1.165, 1.54) is 12.5 Å². The predicted molar refractivity (Wildman–Crippen MR) is 53.1 cm³/mol. The van der Waals surface area contributed by atoms with Gasteiger partial charge in [-0.15, -0.1) is 0 Å². The smallest absolute Gasteiger partial charge is 0.147 e. The molecule has 0 fully saturated rings. The van der Waals surface area contributed by atoms with Crippen molar-refractivity contribution in [1.29, 1.82) is 0 Å². The molecule has 0 bridgehead atoms. The van der Waals surface area contributed by atoms with Crippen molar-refractivity contribution >= 4 is 9.84 Å². The molecule has 0 aliphatic heterocycles. The van der Waals surface area contributed by atoms with Crippen molar-refractivity contribution in [2.45, 2.75) is 12.5 Å². The van der Waals surface area contributed by atoms with Crippen LogP contribution in [0.2, 0.25) is 0 Å². The van der Waals surface area contributed by atoms with E-state index in [2.05, 4.69) is 5.43 Å². The maximum absolute atomic E-state index is 10.9. The monoisotopic (exact) mass is 218 g/mol. The molecule has 1 heterocycles. The molecule has 0 aliphatic carbocycles. The Labute approximate surface area is 83.2 Å². The van der Waals surface area contributed by atoms with Gasteiger partial charge in [-0.25, -0.2) is 8.42 Å². The summed E-state index contributed by atoms with van der Waals surface area (Å²) >= 11 is 0. The van der Waals surface area contributed by atoms with E-state index in [0.717, 1.165) is 5.56 Å². The van der Waals surface area contributed by atoms with Crippen LogP contribution < -0.4 is 11.3 Å². The fraction of sp³-hybridized carbons (Fsp3) is 0.500. The SMILES string of the molecule is CS(=O)(=O)CCC(NN)c1ccoc1. The largest absolute Gasteiger partial charge is 0.472 e. The van der Waals surface area contributed by atoms with Gasteiger partial charge in [0.15, 0.2) is 0 Å². The van der Waals surface area contributed by atoms with Gasteiger partial charge in [-0.05, 0) is 12.5 Å². The highest BCUT2D eigenvalue weighted by molar-refractivity contribution is 7.90. The third kappa shape index (κ3) is 3.49. The molecule has 14 heavy (non-hydrogen) atoms. The lowest BCUT2D eigenvalue weighted by Gasteiger charge is -2.12. The minimum atomic E-state index is -2.95. The van der Waals surface area contributed by atoms with Gasteiger partial charge >= 0.3 is 0 Å². The molecule has 1 atom stereocenters. The summed E-state index contributed by atoms with van der Waals surface area (Å²) < 4.78 is 26.7. The van der Waals surface area contributed by atoms with E-state index < -0.39 is 9.84 Å². The maximum Gasteiger partial charge on any atom is 0.147 e. The number of hydrazine groups is 1. The first-order valence-corrected chi connectivity index (χ1v) is 6.25. The lowest BCUT2D eigenvalue weighted by molar-refractivity contribution is 0.513. The molecule has 5 nitrogen and oxygen atoms in total. The van der Waals surface area contributed by atoms with Crippen LogP contribution in [0, 0.1) is 0 Å². The molecule has 1 unspecified atom stereocenters. The topological polar surface area (TPSA) is 85.3 Å². The van der Waals surface area contributed by atoms with Crippen molar-refractivity contribution in [2.24, 2.45) is 5.84 Å². The molecule has 1 aromatic rings. The summed E-state index contributed by atoms with van der Waals surface area (Å²) in [5, 5.41) is 0. The van der Waals surface area contributed by atoms with E-state index in [1.54, 1.807) is 12.3 Å². The van der Waals surface area contributed by atoms with E-state index in [0.29, 0.717) is 6.42 Å². The van der Waals surface area contributed by atoms with E-state index in [-0.39, 0.29) is 11.8 Å². The van der Waals surface area contributed by atoms with Gasteiger partial charge in [0, 0.05) is 11.8 Å². The molecule has 6 heteroatoms. The molecule has 0 saturated heterocycles. The van der Waals surface area contributed by atoms with Crippen LogP contribution in [0.1, 0.15) is 18.0 Å². The molecule has 1 aromatic heterocycles. The van der Waals surface area contributed by atoms with Crippen LogP contribution in [0.15, 0.2) is 23.0 Å². The van der Waals surface area contributed by atoms with Gasteiger partial charge in [0.1, 0.15) is 9.84 Å². The first-order valence-electron chi connectivity index (χ1n) is 4.19. The Morgan fingerprint density at radius 1 is 1.64 bits per heavy atom. The number of nitrogens with one attached hydrogen (secondary N) is 1. The zero-order valence-corrected chi connectivity index (χ0v) is 8.75. The van der Waals surface area contributed by atoms with Crippen molar-refractivity contribution in [3.63, 3.8) is 0 Å². The highest BCUT2D eigenvalue weighted by atomic mass is 32.2. The lowest BCUT2D eigenvalue weighted by Crippen LogP contribution is -2.29. The predicted octanol–water partition coefficient (Wildman–Crippen LogP) is 0.219. The van der Waals surface area contributed by atoms with Crippen molar-refractivity contribution in [1.82, 2.24) is 5.43 Å². The Balaban J connectivity index is 2.57. The molecule has 80 valence electrons. The quantitative estimate of drug-likeness (QED) is 0.545. The number of hydrogen-bond donors (Lipinski definition) is 2. The molecule has 0 saturated carbocycles. The van der Waals surface area contributed by atoms with Gasteiger partial charge in [0.2, 0.25) is 0 Å². The Bertz CT molecular complexity index is 358. The van der Waals surface area contributed by atoms with Crippen LogP contribution in [0.3, 0.4) is 0 Å². The molecule has 0 aromatic carbocycles. The summed E-state index contributed by atoms with van der Waals surface area (Å²) in [6.07, 6.45) is 4.72. The first kappa shape index (κ1) is 11.2. The minimum absolute atomic E-state index is 0.104. The number of sulfone groups is 1. The molecule has 1 rings (SSSR count). The lowest BCUT2D eigenvalue weighted by atomic mass is 10.1. The second-order valence-electron chi connectivity index (χ2n) is 3.19. The van der Waals surface area contributed by atoms with E-state index in [1.807, 2.05) is 0 Å².